The van der Waals surface area contributed by atoms with Crippen LogP contribution in [0.2, 0.25) is 0 Å². The molecular weight excluding hydrogens is 652 g/mol. The van der Waals surface area contributed by atoms with Crippen LogP contribution in [0.3, 0.4) is 0 Å². The molecule has 0 unspecified atom stereocenters. The molecule has 18 atom stereocenters. The van der Waals surface area contributed by atoms with E-state index >= 15 is 0 Å². The molecule has 50 heavy (non-hydrogen) atoms. The van der Waals surface area contributed by atoms with Crippen LogP contribution < -0.4 is 0 Å². The van der Waals surface area contributed by atoms with Crippen LogP contribution in [0.4, 0.5) is 0 Å². The zero-order valence-corrected chi connectivity index (χ0v) is 30.1. The molecule has 6 saturated carbocycles. The minimum absolute atomic E-state index is 0.00106. The highest BCUT2D eigenvalue weighted by Crippen LogP contribution is 2.76. The molecule has 0 bridgehead atoms. The number of ketones is 2. The summed E-state index contributed by atoms with van der Waals surface area (Å²) in [4.78, 5) is 94.8. The number of carbonyl (C=O) groups excluding carboxylic acids is 7. The molecule has 7 rings (SSSR count). The maximum Gasteiger partial charge on any atom is 0.339 e. The lowest BCUT2D eigenvalue weighted by Gasteiger charge is -2.65. The first kappa shape index (κ1) is 35.1. The summed E-state index contributed by atoms with van der Waals surface area (Å²) in [5, 5.41) is 11.8. The van der Waals surface area contributed by atoms with Crippen molar-refractivity contribution in [2.45, 2.75) is 118 Å². The van der Waals surface area contributed by atoms with Gasteiger partial charge in [0.2, 0.25) is 0 Å². The van der Waals surface area contributed by atoms with Gasteiger partial charge in [-0.1, -0.05) is 20.8 Å². The van der Waals surface area contributed by atoms with Gasteiger partial charge in [0.25, 0.3) is 0 Å². The lowest BCUT2D eigenvalue weighted by Crippen LogP contribution is -2.74. The number of esters is 5. The van der Waals surface area contributed by atoms with Gasteiger partial charge in [-0.3, -0.25) is 28.8 Å². The first-order chi connectivity index (χ1) is 23.1. The third kappa shape index (κ3) is 4.24. The van der Waals surface area contributed by atoms with E-state index in [9.17, 15) is 38.7 Å². The second kappa shape index (κ2) is 10.8. The van der Waals surface area contributed by atoms with Gasteiger partial charge in [0.05, 0.1) is 5.41 Å². The lowest BCUT2D eigenvalue weighted by molar-refractivity contribution is -0.277. The molecule has 0 aromatic rings. The Labute approximate surface area is 290 Å². The molecule has 13 nitrogen and oxygen atoms in total. The zero-order chi connectivity index (χ0) is 36.8. The first-order valence-electron chi connectivity index (χ1n) is 17.8. The van der Waals surface area contributed by atoms with Gasteiger partial charge in [-0.05, 0) is 50.4 Å². The van der Waals surface area contributed by atoms with E-state index in [2.05, 4.69) is 0 Å². The predicted molar refractivity (Wildman–Crippen MR) is 168 cm³/mol. The van der Waals surface area contributed by atoms with Crippen molar-refractivity contribution in [2.75, 3.05) is 0 Å². The van der Waals surface area contributed by atoms with Gasteiger partial charge in [0.1, 0.15) is 30.2 Å². The van der Waals surface area contributed by atoms with Crippen molar-refractivity contribution >= 4 is 41.4 Å². The number of Topliss-reactive ketones (excluding diaryl/α,β-unsaturated/α-hetero) is 2. The fourth-order valence-electron chi connectivity index (χ4n) is 13.0. The molecule has 0 radical (unpaired) electrons. The van der Waals surface area contributed by atoms with Crippen LogP contribution in [0.15, 0.2) is 0 Å². The molecule has 1 aliphatic heterocycles. The van der Waals surface area contributed by atoms with E-state index in [1.54, 1.807) is 6.92 Å². The van der Waals surface area contributed by atoms with E-state index in [1.807, 2.05) is 20.8 Å². The van der Waals surface area contributed by atoms with Gasteiger partial charge in [0, 0.05) is 74.5 Å². The van der Waals surface area contributed by atoms with Crippen molar-refractivity contribution in [1.29, 1.82) is 0 Å². The van der Waals surface area contributed by atoms with Gasteiger partial charge >= 0.3 is 29.8 Å². The quantitative estimate of drug-likeness (QED) is 0.333. The summed E-state index contributed by atoms with van der Waals surface area (Å²) in [5.74, 6) is -9.64. The second-order valence-corrected chi connectivity index (χ2v) is 17.2. The van der Waals surface area contributed by atoms with Crippen molar-refractivity contribution in [1.82, 2.24) is 0 Å². The summed E-state index contributed by atoms with van der Waals surface area (Å²) < 4.78 is 30.8. The molecule has 274 valence electrons. The summed E-state index contributed by atoms with van der Waals surface area (Å²) >= 11 is 0. The SMILES string of the molecule is CC(=O)O[C@H]1[C@H]2[C@H]([C@@H]3[C@H]4OC(=O)[C@@](C)(O)[C@@]5(C)C(=O)C[C@@H](C)[C@@H]([C@@H]45)[C@@]3(C)[C@H]1OC(C)=O)[C@@H](OC(C)=O)C(=O)[C@H]1C[C@@H]3C[C@@H]3[C@H](OC(C)=O)[C@]21C. The summed E-state index contributed by atoms with van der Waals surface area (Å²) in [6.07, 6.45) is -4.53. The number of ether oxygens (including phenoxy) is 5. The molecule has 7 aliphatic rings. The van der Waals surface area contributed by atoms with Crippen molar-refractivity contribution in [3.8, 4) is 0 Å². The van der Waals surface area contributed by atoms with Crippen LogP contribution in [0, 0.1) is 69.5 Å². The highest BCUT2D eigenvalue weighted by Gasteiger charge is 2.84. The standard InChI is InChI=1S/C37H48O13/c1-13-10-21(42)36(8)26-23(13)35(7)24(29(26)50-33(44)37(36,9)45)22-25(30(47-15(3)39)32(35)49-17(5)41)34(6)20(27(43)28(22)46-14(2)38)12-18-11-19(18)31(34)48-16(4)40/h13,18-20,22-26,28-32,45H,10-12H2,1-9H3/t13-,18+,19+,20-,22+,23+,24-,25-,26+,28-,29-,30+,31+,32+,34+,35-,36+,37-/m1/s1. The molecule has 0 aromatic carbocycles. The molecule has 0 amide bonds. The molecule has 6 aliphatic carbocycles. The number of rotatable bonds is 4. The number of fused-ring (bicyclic) bond motifs is 8. The number of aliphatic hydroxyl groups is 1. The van der Waals surface area contributed by atoms with E-state index < -0.39 is 118 Å². The zero-order valence-electron chi connectivity index (χ0n) is 30.1. The Morgan fingerprint density at radius 3 is 1.90 bits per heavy atom. The van der Waals surface area contributed by atoms with Crippen LogP contribution in [0.5, 0.6) is 0 Å². The Balaban J connectivity index is 1.55. The van der Waals surface area contributed by atoms with Crippen LogP contribution in [-0.2, 0) is 57.2 Å². The Hall–Kier alpha value is -3.35. The highest BCUT2D eigenvalue weighted by atomic mass is 16.6. The minimum atomic E-state index is -2.21. The molecule has 1 N–H and O–H groups in total. The molecule has 0 aromatic heterocycles. The fourth-order valence-corrected chi connectivity index (χ4v) is 13.0. The Morgan fingerprint density at radius 1 is 0.740 bits per heavy atom. The van der Waals surface area contributed by atoms with Crippen LogP contribution >= 0.6 is 0 Å². The Morgan fingerprint density at radius 2 is 1.32 bits per heavy atom. The maximum atomic E-state index is 15.0. The van der Waals surface area contributed by atoms with Crippen molar-refractivity contribution in [2.24, 2.45) is 69.5 Å². The smallest absolute Gasteiger partial charge is 0.339 e. The normalized spacial score (nSPS) is 52.5. The van der Waals surface area contributed by atoms with E-state index in [0.717, 1.165) is 0 Å². The predicted octanol–water partition coefficient (Wildman–Crippen LogP) is 2.36. The number of hydrogen-bond donors (Lipinski definition) is 1. The summed E-state index contributed by atoms with van der Waals surface area (Å²) in [5.41, 5.74) is -6.30. The maximum absolute atomic E-state index is 15.0. The van der Waals surface area contributed by atoms with E-state index in [4.69, 9.17) is 23.7 Å². The molecule has 1 heterocycles. The minimum Gasteiger partial charge on any atom is -0.462 e. The fraction of sp³-hybridized carbons (Fsp3) is 0.811. The Kier molecular flexibility index (Phi) is 7.60. The van der Waals surface area contributed by atoms with Crippen LogP contribution in [0.1, 0.15) is 81.6 Å². The monoisotopic (exact) mass is 700 g/mol. The van der Waals surface area contributed by atoms with E-state index in [-0.39, 0.29) is 35.7 Å². The topological polar surface area (TPSA) is 186 Å². The summed E-state index contributed by atoms with van der Waals surface area (Å²) in [7, 11) is 0. The summed E-state index contributed by atoms with van der Waals surface area (Å²) in [6.45, 7) is 13.4. The van der Waals surface area contributed by atoms with E-state index in [1.165, 1.54) is 34.6 Å². The average molecular weight is 701 g/mol. The largest absolute Gasteiger partial charge is 0.462 e. The first-order valence-corrected chi connectivity index (χ1v) is 17.8. The lowest BCUT2D eigenvalue weighted by atomic mass is 9.41. The van der Waals surface area contributed by atoms with Crippen LogP contribution in [-0.4, -0.2) is 82.6 Å². The second-order valence-electron chi connectivity index (χ2n) is 17.2. The Bertz CT molecular complexity index is 1600. The third-order valence-corrected chi connectivity index (χ3v) is 14.8. The van der Waals surface area contributed by atoms with Gasteiger partial charge in [-0.15, -0.1) is 0 Å². The number of carbonyl (C=O) groups is 7. The molecule has 0 spiro atoms. The van der Waals surface area contributed by atoms with Gasteiger partial charge in [-0.2, -0.15) is 0 Å². The van der Waals surface area contributed by atoms with Gasteiger partial charge in [0.15, 0.2) is 17.5 Å². The number of hydrogen-bond acceptors (Lipinski definition) is 13. The van der Waals surface area contributed by atoms with E-state index in [0.29, 0.717) is 12.8 Å². The van der Waals surface area contributed by atoms with Gasteiger partial charge < -0.3 is 28.8 Å². The van der Waals surface area contributed by atoms with Crippen molar-refractivity contribution in [3.05, 3.63) is 0 Å². The van der Waals surface area contributed by atoms with Crippen molar-refractivity contribution in [3.63, 3.8) is 0 Å². The highest BCUT2D eigenvalue weighted by molar-refractivity contribution is 5.96. The molecular formula is C37H48O13. The summed E-state index contributed by atoms with van der Waals surface area (Å²) in [6, 6.07) is 0. The average Bonchev–Trinajstić information content (AvgIpc) is 3.71. The third-order valence-electron chi connectivity index (χ3n) is 14.8. The molecule has 1 saturated heterocycles. The van der Waals surface area contributed by atoms with Crippen molar-refractivity contribution < 1.29 is 62.4 Å². The van der Waals surface area contributed by atoms with Crippen LogP contribution in [0.25, 0.3) is 0 Å². The molecule has 13 heteroatoms. The molecule has 7 fully saturated rings. The van der Waals surface area contributed by atoms with Gasteiger partial charge in [-0.25, -0.2) is 4.79 Å².